The highest BCUT2D eigenvalue weighted by Crippen LogP contribution is 2.27. The minimum Gasteiger partial charge on any atom is -0.872 e. The van der Waals surface area contributed by atoms with Crippen molar-refractivity contribution in [3.8, 4) is 5.75 Å². The van der Waals surface area contributed by atoms with E-state index in [1.165, 1.54) is 24.4 Å². The fraction of sp³-hybridized carbons (Fsp3) is 0. The molecule has 2 rings (SSSR count). The largest absolute Gasteiger partial charge is 0.872 e. The molecule has 0 aliphatic heterocycles. The summed E-state index contributed by atoms with van der Waals surface area (Å²) in [5, 5.41) is 21.1. The van der Waals surface area contributed by atoms with E-state index in [1.807, 2.05) is 0 Å². The summed E-state index contributed by atoms with van der Waals surface area (Å²) in [4.78, 5) is 15.0. The maximum Gasteiger partial charge on any atom is 0.335 e. The summed E-state index contributed by atoms with van der Waals surface area (Å²) >= 11 is 11.7. The summed E-state index contributed by atoms with van der Waals surface area (Å²) in [5.74, 6) is -1.81. The van der Waals surface area contributed by atoms with Gasteiger partial charge >= 0.3 is 5.97 Å². The molecule has 0 unspecified atom stereocenters. The second kappa shape index (κ2) is 5.94. The number of aromatic carboxylic acids is 1. The molecule has 0 saturated heterocycles. The third-order valence-corrected chi connectivity index (χ3v) is 3.03. The molecule has 0 atom stereocenters. The second-order valence-electron chi connectivity index (χ2n) is 3.91. The number of hydrogen-bond donors (Lipinski definition) is 1. The van der Waals surface area contributed by atoms with Crippen LogP contribution in [0.3, 0.4) is 0 Å². The Hall–Kier alpha value is -2.04. The number of aliphatic imine (C=N–C) groups is 1. The Labute approximate surface area is 124 Å². The average molecular weight is 309 g/mol. The summed E-state index contributed by atoms with van der Waals surface area (Å²) in [6, 6.07) is 8.78. The molecule has 0 aromatic heterocycles. The molecule has 20 heavy (non-hydrogen) atoms. The van der Waals surface area contributed by atoms with Gasteiger partial charge in [-0.25, -0.2) is 4.79 Å². The van der Waals surface area contributed by atoms with Gasteiger partial charge in [0, 0.05) is 11.2 Å². The number of carbonyl (C=O) groups is 1. The Kier molecular flexibility index (Phi) is 4.27. The Morgan fingerprint density at radius 3 is 2.60 bits per heavy atom. The van der Waals surface area contributed by atoms with E-state index in [1.54, 1.807) is 18.2 Å². The van der Waals surface area contributed by atoms with Gasteiger partial charge in [0.25, 0.3) is 0 Å². The lowest BCUT2D eigenvalue weighted by Crippen LogP contribution is -2.04. The molecule has 0 spiro atoms. The molecule has 0 fully saturated rings. The van der Waals surface area contributed by atoms with Crippen molar-refractivity contribution in [2.75, 3.05) is 0 Å². The molecule has 1 N–H and O–H groups in total. The van der Waals surface area contributed by atoms with Crippen molar-refractivity contribution in [2.24, 2.45) is 4.99 Å². The summed E-state index contributed by atoms with van der Waals surface area (Å²) < 4.78 is 0. The normalized spacial score (nSPS) is 10.9. The number of halogens is 2. The summed E-state index contributed by atoms with van der Waals surface area (Å²) in [6.45, 7) is 0. The summed E-state index contributed by atoms with van der Waals surface area (Å²) in [6.07, 6.45) is 1.43. The van der Waals surface area contributed by atoms with Gasteiger partial charge in [0.2, 0.25) is 0 Å². The molecule has 2 aromatic rings. The minimum absolute atomic E-state index is 0.295. The van der Waals surface area contributed by atoms with Gasteiger partial charge in [-0.05, 0) is 29.8 Å². The van der Waals surface area contributed by atoms with E-state index in [2.05, 4.69) is 4.99 Å². The van der Waals surface area contributed by atoms with Crippen molar-refractivity contribution in [1.82, 2.24) is 0 Å². The van der Waals surface area contributed by atoms with Crippen LogP contribution in [0.4, 0.5) is 5.69 Å². The van der Waals surface area contributed by atoms with Gasteiger partial charge in [0.05, 0.1) is 16.3 Å². The quantitative estimate of drug-likeness (QED) is 0.882. The fourth-order valence-corrected chi connectivity index (χ4v) is 1.98. The van der Waals surface area contributed by atoms with Crippen molar-refractivity contribution in [2.45, 2.75) is 0 Å². The van der Waals surface area contributed by atoms with E-state index >= 15 is 0 Å². The number of hydrogen-bond acceptors (Lipinski definition) is 3. The van der Waals surface area contributed by atoms with E-state index in [-0.39, 0.29) is 5.56 Å². The van der Waals surface area contributed by atoms with Crippen LogP contribution >= 0.6 is 23.2 Å². The van der Waals surface area contributed by atoms with Gasteiger partial charge in [-0.15, -0.1) is 0 Å². The first-order valence-corrected chi connectivity index (χ1v) is 6.26. The van der Waals surface area contributed by atoms with Gasteiger partial charge in [-0.3, -0.25) is 4.99 Å². The number of carboxylic acids is 1. The van der Waals surface area contributed by atoms with Crippen molar-refractivity contribution < 1.29 is 15.0 Å². The molecule has 0 amide bonds. The minimum atomic E-state index is -1.27. The molecule has 102 valence electrons. The number of nitrogens with zero attached hydrogens (tertiary/aromatic N) is 1. The number of carboxylic acid groups (broad SMARTS) is 1. The molecule has 2 aromatic carbocycles. The smallest absolute Gasteiger partial charge is 0.335 e. The van der Waals surface area contributed by atoms with E-state index in [0.717, 1.165) is 0 Å². The van der Waals surface area contributed by atoms with Gasteiger partial charge in [0.15, 0.2) is 0 Å². The highest BCUT2D eigenvalue weighted by Gasteiger charge is 2.04. The standard InChI is InChI=1S/C14H9Cl2NO3/c15-9-2-3-12(11(16)6-9)17-7-8-1-4-13(18)10(5-8)14(19)20/h1-7,18H,(H,19,20)/p-1. The van der Waals surface area contributed by atoms with Crippen LogP contribution < -0.4 is 5.11 Å². The second-order valence-corrected chi connectivity index (χ2v) is 4.76. The van der Waals surface area contributed by atoms with Gasteiger partial charge < -0.3 is 10.2 Å². The van der Waals surface area contributed by atoms with E-state index in [9.17, 15) is 9.90 Å². The Morgan fingerprint density at radius 1 is 1.20 bits per heavy atom. The third-order valence-electron chi connectivity index (χ3n) is 2.50. The molecule has 0 radical (unpaired) electrons. The molecule has 0 heterocycles. The zero-order valence-electron chi connectivity index (χ0n) is 10.0. The maximum absolute atomic E-state index is 11.3. The zero-order chi connectivity index (χ0) is 14.7. The summed E-state index contributed by atoms with van der Waals surface area (Å²) in [7, 11) is 0. The molecular weight excluding hydrogens is 301 g/mol. The van der Waals surface area contributed by atoms with Gasteiger partial charge in [0.1, 0.15) is 0 Å². The lowest BCUT2D eigenvalue weighted by atomic mass is 10.1. The van der Waals surface area contributed by atoms with Crippen LogP contribution in [-0.2, 0) is 0 Å². The highest BCUT2D eigenvalue weighted by molar-refractivity contribution is 6.36. The predicted octanol–water partition coefficient (Wildman–Crippen LogP) is 3.52. The predicted molar refractivity (Wildman–Crippen MR) is 76.6 cm³/mol. The first-order chi connectivity index (χ1) is 9.47. The Morgan fingerprint density at radius 2 is 1.95 bits per heavy atom. The first-order valence-electron chi connectivity index (χ1n) is 5.51. The molecule has 4 nitrogen and oxygen atoms in total. The molecule has 0 saturated carbocycles. The van der Waals surface area contributed by atoms with Crippen LogP contribution in [0, 0.1) is 0 Å². The maximum atomic E-state index is 11.3. The van der Waals surface area contributed by atoms with Crippen molar-refractivity contribution in [3.05, 3.63) is 57.6 Å². The third kappa shape index (κ3) is 3.29. The van der Waals surface area contributed by atoms with Gasteiger partial charge in [-0.2, -0.15) is 0 Å². The lowest BCUT2D eigenvalue weighted by Gasteiger charge is -2.09. The lowest BCUT2D eigenvalue weighted by molar-refractivity contribution is -0.268. The van der Waals surface area contributed by atoms with Crippen LogP contribution in [0.5, 0.6) is 5.75 Å². The topological polar surface area (TPSA) is 72.7 Å². The number of rotatable bonds is 3. The monoisotopic (exact) mass is 308 g/mol. The molecule has 6 heteroatoms. The van der Waals surface area contributed by atoms with Crippen LogP contribution in [0.25, 0.3) is 0 Å². The first kappa shape index (κ1) is 14.4. The van der Waals surface area contributed by atoms with Crippen LogP contribution in [-0.4, -0.2) is 17.3 Å². The fourth-order valence-electron chi connectivity index (χ4n) is 1.53. The van der Waals surface area contributed by atoms with Crippen LogP contribution in [0.1, 0.15) is 15.9 Å². The molecule has 0 bridgehead atoms. The zero-order valence-corrected chi connectivity index (χ0v) is 11.5. The highest BCUT2D eigenvalue weighted by atomic mass is 35.5. The van der Waals surface area contributed by atoms with E-state index in [4.69, 9.17) is 28.3 Å². The Balaban J connectivity index is 2.32. The molecule has 0 aliphatic carbocycles. The Bertz CT molecular complexity index is 699. The number of benzene rings is 2. The SMILES string of the molecule is O=C(O)c1cc(C=Nc2ccc(Cl)cc2Cl)ccc1[O-]. The molecular formula is C14H8Cl2NO3-. The van der Waals surface area contributed by atoms with Crippen LogP contribution in [0.2, 0.25) is 10.0 Å². The summed E-state index contributed by atoms with van der Waals surface area (Å²) in [5.41, 5.74) is 0.698. The van der Waals surface area contributed by atoms with Crippen molar-refractivity contribution in [3.63, 3.8) is 0 Å². The van der Waals surface area contributed by atoms with Crippen molar-refractivity contribution >= 4 is 41.1 Å². The van der Waals surface area contributed by atoms with Gasteiger partial charge in [-0.1, -0.05) is 41.1 Å². The van der Waals surface area contributed by atoms with Crippen LogP contribution in [0.15, 0.2) is 41.4 Å². The molecule has 0 aliphatic rings. The average Bonchev–Trinajstić information content (AvgIpc) is 2.39. The van der Waals surface area contributed by atoms with Crippen molar-refractivity contribution in [1.29, 1.82) is 0 Å². The van der Waals surface area contributed by atoms with E-state index < -0.39 is 11.7 Å². The van der Waals surface area contributed by atoms with E-state index in [0.29, 0.717) is 21.3 Å².